The first-order valence-electron chi connectivity index (χ1n) is 5.25. The van der Waals surface area contributed by atoms with Crippen LogP contribution in [-0.2, 0) is 6.54 Å². The van der Waals surface area contributed by atoms with Gasteiger partial charge in [0.15, 0.2) is 16.2 Å². The molecule has 2 heterocycles. The van der Waals surface area contributed by atoms with Crippen molar-refractivity contribution < 1.29 is 8.83 Å². The van der Waals surface area contributed by atoms with E-state index in [-0.39, 0.29) is 0 Å². The predicted molar refractivity (Wildman–Crippen MR) is 61.8 cm³/mol. The Morgan fingerprint density at radius 3 is 2.88 bits per heavy atom. The Bertz CT molecular complexity index is 488. The zero-order chi connectivity index (χ0) is 11.0. The van der Waals surface area contributed by atoms with Crippen molar-refractivity contribution in [1.29, 1.82) is 0 Å². The highest BCUT2D eigenvalue weighted by molar-refractivity contribution is 9.10. The molecule has 1 fully saturated rings. The van der Waals surface area contributed by atoms with E-state index in [0.29, 0.717) is 34.7 Å². The highest BCUT2D eigenvalue weighted by Crippen LogP contribution is 2.26. The summed E-state index contributed by atoms with van der Waals surface area (Å²) in [5.41, 5.74) is 0. The lowest BCUT2D eigenvalue weighted by Gasteiger charge is -1.96. The van der Waals surface area contributed by atoms with Gasteiger partial charge in [0.25, 0.3) is 0 Å². The van der Waals surface area contributed by atoms with Gasteiger partial charge >= 0.3 is 0 Å². The van der Waals surface area contributed by atoms with E-state index >= 15 is 0 Å². The second kappa shape index (κ2) is 4.07. The topological polar surface area (TPSA) is 51.2 Å². The Hall–Kier alpha value is -1.07. The maximum atomic E-state index is 5.57. The second-order valence-corrected chi connectivity index (χ2v) is 4.66. The number of hydrogen-bond donors (Lipinski definition) is 1. The highest BCUT2D eigenvalue weighted by atomic mass is 79.9. The van der Waals surface area contributed by atoms with E-state index in [0.717, 1.165) is 0 Å². The van der Waals surface area contributed by atoms with E-state index in [4.69, 9.17) is 8.83 Å². The third kappa shape index (κ3) is 2.20. The van der Waals surface area contributed by atoms with Crippen molar-refractivity contribution >= 4 is 15.9 Å². The number of nitrogens with zero attached hydrogens (tertiary/aromatic N) is 1. The van der Waals surface area contributed by atoms with Gasteiger partial charge in [0.05, 0.1) is 12.7 Å². The van der Waals surface area contributed by atoms with E-state index in [1.54, 1.807) is 6.20 Å². The molecule has 0 spiro atoms. The first-order chi connectivity index (χ1) is 7.81. The molecule has 1 aliphatic carbocycles. The minimum absolute atomic E-state index is 0.660. The van der Waals surface area contributed by atoms with Gasteiger partial charge in [-0.2, -0.15) is 0 Å². The predicted octanol–water partition coefficient (Wildman–Crippen LogP) is 2.95. The lowest BCUT2D eigenvalue weighted by molar-refractivity contribution is 0.457. The minimum atomic E-state index is 0.660. The van der Waals surface area contributed by atoms with Crippen LogP contribution in [-0.4, -0.2) is 11.0 Å². The van der Waals surface area contributed by atoms with E-state index in [2.05, 4.69) is 26.2 Å². The van der Waals surface area contributed by atoms with Crippen LogP contribution in [0, 0.1) is 0 Å². The lowest BCUT2D eigenvalue weighted by atomic mass is 10.4. The summed E-state index contributed by atoms with van der Waals surface area (Å²) in [7, 11) is 0. The number of nitrogens with one attached hydrogen (secondary N) is 1. The molecule has 0 unspecified atom stereocenters. The number of rotatable bonds is 4. The number of oxazole rings is 1. The average Bonchev–Trinajstić information content (AvgIpc) is 2.81. The fourth-order valence-electron chi connectivity index (χ4n) is 1.47. The third-order valence-corrected chi connectivity index (χ3v) is 2.92. The Morgan fingerprint density at radius 2 is 2.19 bits per heavy atom. The van der Waals surface area contributed by atoms with E-state index in [1.165, 1.54) is 12.8 Å². The van der Waals surface area contributed by atoms with Crippen LogP contribution in [0.4, 0.5) is 0 Å². The second-order valence-electron chi connectivity index (χ2n) is 3.88. The van der Waals surface area contributed by atoms with Crippen LogP contribution in [0.3, 0.4) is 0 Å². The molecule has 1 aliphatic rings. The SMILES string of the molecule is Brc1ccc(-c2cnc(CNC3CC3)o2)o1. The van der Waals surface area contributed by atoms with Gasteiger partial charge in [-0.05, 0) is 40.9 Å². The molecule has 0 radical (unpaired) electrons. The Balaban J connectivity index is 1.71. The van der Waals surface area contributed by atoms with Crippen molar-refractivity contribution in [2.75, 3.05) is 0 Å². The first kappa shape index (κ1) is 10.1. The fourth-order valence-corrected chi connectivity index (χ4v) is 1.78. The smallest absolute Gasteiger partial charge is 0.209 e. The summed E-state index contributed by atoms with van der Waals surface area (Å²) in [4.78, 5) is 4.20. The standard InChI is InChI=1S/C11H11BrN2O2/c12-10-4-3-8(15-10)9-5-14-11(16-9)6-13-7-1-2-7/h3-5,7,13H,1-2,6H2. The molecule has 5 heteroatoms. The maximum Gasteiger partial charge on any atom is 0.209 e. The monoisotopic (exact) mass is 282 g/mol. The summed E-state index contributed by atoms with van der Waals surface area (Å²) >= 11 is 3.25. The first-order valence-corrected chi connectivity index (χ1v) is 6.04. The normalized spacial score (nSPS) is 15.6. The molecule has 3 rings (SSSR count). The quantitative estimate of drug-likeness (QED) is 0.937. The van der Waals surface area contributed by atoms with Crippen molar-refractivity contribution in [3.05, 3.63) is 28.9 Å². The average molecular weight is 283 g/mol. The zero-order valence-corrected chi connectivity index (χ0v) is 10.2. The molecule has 0 amide bonds. The Labute approximate surface area is 101 Å². The number of hydrogen-bond acceptors (Lipinski definition) is 4. The summed E-state index contributed by atoms with van der Waals surface area (Å²) in [6, 6.07) is 4.34. The van der Waals surface area contributed by atoms with Crippen LogP contribution >= 0.6 is 15.9 Å². The van der Waals surface area contributed by atoms with Crippen LogP contribution in [0.15, 0.2) is 31.8 Å². The van der Waals surface area contributed by atoms with Gasteiger partial charge < -0.3 is 14.2 Å². The molecule has 2 aromatic heterocycles. The summed E-state index contributed by atoms with van der Waals surface area (Å²) in [5, 5.41) is 3.35. The molecule has 84 valence electrons. The maximum absolute atomic E-state index is 5.57. The molecule has 16 heavy (non-hydrogen) atoms. The molecule has 2 aromatic rings. The molecule has 1 saturated carbocycles. The fraction of sp³-hybridized carbons (Fsp3) is 0.364. The molecule has 0 aromatic carbocycles. The molecule has 0 aliphatic heterocycles. The summed E-state index contributed by atoms with van der Waals surface area (Å²) in [6.45, 7) is 0.687. The molecule has 4 nitrogen and oxygen atoms in total. The number of furan rings is 1. The van der Waals surface area contributed by atoms with Crippen LogP contribution in [0.1, 0.15) is 18.7 Å². The molecule has 0 saturated heterocycles. The van der Waals surface area contributed by atoms with Gasteiger partial charge in [0.1, 0.15) is 0 Å². The van der Waals surface area contributed by atoms with Gasteiger partial charge in [-0.3, -0.25) is 0 Å². The molecular formula is C11H11BrN2O2. The Kier molecular flexibility index (Phi) is 2.57. The molecule has 1 N–H and O–H groups in total. The number of halogens is 1. The summed E-state index contributed by atoms with van der Waals surface area (Å²) in [5.74, 6) is 2.06. The van der Waals surface area contributed by atoms with Gasteiger partial charge in [0.2, 0.25) is 5.89 Å². The van der Waals surface area contributed by atoms with Crippen LogP contribution < -0.4 is 5.32 Å². The van der Waals surface area contributed by atoms with E-state index in [1.807, 2.05) is 12.1 Å². The van der Waals surface area contributed by atoms with Gasteiger partial charge in [0, 0.05) is 6.04 Å². The van der Waals surface area contributed by atoms with Crippen molar-refractivity contribution in [3.8, 4) is 11.5 Å². The third-order valence-electron chi connectivity index (χ3n) is 2.49. The van der Waals surface area contributed by atoms with Gasteiger partial charge in [-0.1, -0.05) is 0 Å². The Morgan fingerprint density at radius 1 is 1.31 bits per heavy atom. The van der Waals surface area contributed by atoms with Crippen molar-refractivity contribution in [3.63, 3.8) is 0 Å². The van der Waals surface area contributed by atoms with E-state index in [9.17, 15) is 0 Å². The van der Waals surface area contributed by atoms with Gasteiger partial charge in [-0.25, -0.2) is 4.98 Å². The minimum Gasteiger partial charge on any atom is -0.446 e. The highest BCUT2D eigenvalue weighted by Gasteiger charge is 2.21. The summed E-state index contributed by atoms with van der Waals surface area (Å²) in [6.07, 6.45) is 4.21. The van der Waals surface area contributed by atoms with Crippen LogP contribution in [0.5, 0.6) is 0 Å². The lowest BCUT2D eigenvalue weighted by Crippen LogP contribution is -2.15. The largest absolute Gasteiger partial charge is 0.446 e. The molecular weight excluding hydrogens is 272 g/mol. The molecule has 0 bridgehead atoms. The number of aromatic nitrogens is 1. The van der Waals surface area contributed by atoms with Crippen molar-refractivity contribution in [2.45, 2.75) is 25.4 Å². The van der Waals surface area contributed by atoms with Gasteiger partial charge in [-0.15, -0.1) is 0 Å². The molecule has 0 atom stereocenters. The van der Waals surface area contributed by atoms with E-state index < -0.39 is 0 Å². The van der Waals surface area contributed by atoms with Crippen molar-refractivity contribution in [2.24, 2.45) is 0 Å². The van der Waals surface area contributed by atoms with Crippen LogP contribution in [0.2, 0.25) is 0 Å². The van der Waals surface area contributed by atoms with Crippen LogP contribution in [0.25, 0.3) is 11.5 Å². The van der Waals surface area contributed by atoms with Crippen molar-refractivity contribution in [1.82, 2.24) is 10.3 Å². The zero-order valence-electron chi connectivity index (χ0n) is 8.57. The summed E-state index contributed by atoms with van der Waals surface area (Å²) < 4.78 is 11.6.